The minimum Gasteiger partial charge on any atom is -0.479 e. The lowest BCUT2D eigenvalue weighted by Gasteiger charge is -2.12. The third kappa shape index (κ3) is 3.83. The molecule has 1 rings (SSSR count). The van der Waals surface area contributed by atoms with Crippen molar-refractivity contribution in [2.24, 2.45) is 0 Å². The van der Waals surface area contributed by atoms with Gasteiger partial charge in [-0.15, -0.1) is 0 Å². The Balaban J connectivity index is 2.33. The normalized spacial score (nSPS) is 14.0. The number of carboxylic acid groups (broad SMARTS) is 1. The second-order valence-corrected chi connectivity index (χ2v) is 3.49. The van der Waals surface area contributed by atoms with Gasteiger partial charge in [0.15, 0.2) is 6.10 Å². The van der Waals surface area contributed by atoms with E-state index in [4.69, 9.17) is 10.2 Å². The maximum Gasteiger partial charge on any atom is 0.332 e. The Bertz CT molecular complexity index is 378. The number of rotatable bonds is 6. The van der Waals surface area contributed by atoms with E-state index in [1.807, 2.05) is 0 Å². The van der Waals surface area contributed by atoms with Crippen LogP contribution in [0.2, 0.25) is 0 Å². The lowest BCUT2D eigenvalue weighted by molar-refractivity contribution is -0.147. The van der Waals surface area contributed by atoms with E-state index < -0.39 is 18.1 Å². The van der Waals surface area contributed by atoms with E-state index in [9.17, 15) is 9.59 Å². The van der Waals surface area contributed by atoms with Gasteiger partial charge in [-0.05, 0) is 6.92 Å². The van der Waals surface area contributed by atoms with Crippen molar-refractivity contribution in [1.82, 2.24) is 20.1 Å². The maximum atomic E-state index is 11.6. The maximum absolute atomic E-state index is 11.6. The minimum atomic E-state index is -1.46. The molecule has 2 atom stereocenters. The number of nitrogens with one attached hydrogen (secondary N) is 1. The predicted molar refractivity (Wildman–Crippen MR) is 56.0 cm³/mol. The first-order valence-corrected chi connectivity index (χ1v) is 5.05. The molecule has 0 aliphatic carbocycles. The van der Waals surface area contributed by atoms with Crippen LogP contribution in [0.1, 0.15) is 19.4 Å². The Morgan fingerprint density at radius 2 is 2.24 bits per heavy atom. The number of carbonyl (C=O) groups excluding carboxylic acids is 1. The van der Waals surface area contributed by atoms with Crippen molar-refractivity contribution in [3.63, 3.8) is 0 Å². The van der Waals surface area contributed by atoms with Crippen molar-refractivity contribution >= 4 is 11.9 Å². The number of aliphatic hydroxyl groups excluding tert-OH is 1. The molecule has 94 valence electrons. The Morgan fingerprint density at radius 3 is 2.76 bits per heavy atom. The molecule has 8 heteroatoms. The molecule has 1 aromatic heterocycles. The number of carbonyl (C=O) groups is 2. The van der Waals surface area contributed by atoms with Crippen LogP contribution in [0.4, 0.5) is 0 Å². The zero-order valence-electron chi connectivity index (χ0n) is 9.28. The van der Waals surface area contributed by atoms with Gasteiger partial charge >= 0.3 is 5.97 Å². The van der Waals surface area contributed by atoms with Gasteiger partial charge in [0.05, 0.1) is 0 Å². The van der Waals surface area contributed by atoms with Crippen LogP contribution >= 0.6 is 0 Å². The van der Waals surface area contributed by atoms with E-state index in [-0.39, 0.29) is 18.9 Å². The Hall–Kier alpha value is -1.96. The summed E-state index contributed by atoms with van der Waals surface area (Å²) in [6.07, 6.45) is 1.23. The number of amides is 1. The van der Waals surface area contributed by atoms with E-state index >= 15 is 0 Å². The lowest BCUT2D eigenvalue weighted by Crippen LogP contribution is -2.34. The fraction of sp³-hybridized carbons (Fsp3) is 0.556. The van der Waals surface area contributed by atoms with E-state index in [2.05, 4.69) is 15.4 Å². The fourth-order valence-electron chi connectivity index (χ4n) is 1.14. The SMILES string of the molecule is CC(C(=O)NCC[C@H](O)C(=O)O)n1cncn1. The summed E-state index contributed by atoms with van der Waals surface area (Å²) in [5.41, 5.74) is 0. The topological polar surface area (TPSA) is 117 Å². The average Bonchev–Trinajstić information content (AvgIpc) is 2.80. The largest absolute Gasteiger partial charge is 0.479 e. The highest BCUT2D eigenvalue weighted by molar-refractivity contribution is 5.79. The molecule has 17 heavy (non-hydrogen) atoms. The molecule has 1 amide bonds. The van der Waals surface area contributed by atoms with Gasteiger partial charge in [0, 0.05) is 13.0 Å². The molecule has 3 N–H and O–H groups in total. The molecule has 0 fully saturated rings. The molecule has 0 spiro atoms. The van der Waals surface area contributed by atoms with Crippen LogP contribution in [0.3, 0.4) is 0 Å². The number of hydrogen-bond donors (Lipinski definition) is 3. The first kappa shape index (κ1) is 13.1. The summed E-state index contributed by atoms with van der Waals surface area (Å²) in [4.78, 5) is 25.6. The number of carboxylic acids is 1. The molecule has 1 heterocycles. The van der Waals surface area contributed by atoms with Crippen molar-refractivity contribution in [2.75, 3.05) is 6.54 Å². The number of aliphatic hydroxyl groups is 1. The van der Waals surface area contributed by atoms with Crippen molar-refractivity contribution < 1.29 is 19.8 Å². The lowest BCUT2D eigenvalue weighted by atomic mass is 10.2. The molecule has 1 unspecified atom stereocenters. The van der Waals surface area contributed by atoms with Crippen molar-refractivity contribution in [3.05, 3.63) is 12.7 Å². The molecular weight excluding hydrogens is 228 g/mol. The number of nitrogens with zero attached hydrogens (tertiary/aromatic N) is 3. The molecule has 0 saturated heterocycles. The van der Waals surface area contributed by atoms with Gasteiger partial charge in [-0.1, -0.05) is 0 Å². The molecule has 0 aromatic carbocycles. The zero-order chi connectivity index (χ0) is 12.8. The monoisotopic (exact) mass is 242 g/mol. The number of hydrogen-bond acceptors (Lipinski definition) is 5. The van der Waals surface area contributed by atoms with Crippen LogP contribution in [-0.4, -0.2) is 49.5 Å². The number of aliphatic carboxylic acids is 1. The Labute approximate surface area is 97.3 Å². The van der Waals surface area contributed by atoms with E-state index in [0.29, 0.717) is 0 Å². The first-order chi connectivity index (χ1) is 8.02. The molecule has 0 aliphatic rings. The van der Waals surface area contributed by atoms with Crippen molar-refractivity contribution in [3.8, 4) is 0 Å². The predicted octanol–water partition coefficient (Wildman–Crippen LogP) is -1.21. The van der Waals surface area contributed by atoms with Crippen molar-refractivity contribution in [1.29, 1.82) is 0 Å². The van der Waals surface area contributed by atoms with Crippen LogP contribution in [0.5, 0.6) is 0 Å². The quantitative estimate of drug-likeness (QED) is 0.576. The third-order valence-electron chi connectivity index (χ3n) is 2.21. The van der Waals surface area contributed by atoms with Crippen LogP contribution in [0, 0.1) is 0 Å². The highest BCUT2D eigenvalue weighted by atomic mass is 16.4. The minimum absolute atomic E-state index is 0.0366. The molecular formula is C9H14N4O4. The summed E-state index contributed by atoms with van der Waals surface area (Å²) in [5, 5.41) is 23.7. The summed E-state index contributed by atoms with van der Waals surface area (Å²) in [6.45, 7) is 1.73. The van der Waals surface area contributed by atoms with E-state index in [0.717, 1.165) is 0 Å². The third-order valence-corrected chi connectivity index (χ3v) is 2.21. The molecule has 0 bridgehead atoms. The van der Waals surface area contributed by atoms with Crippen LogP contribution < -0.4 is 5.32 Å². The summed E-state index contributed by atoms with van der Waals surface area (Å²) < 4.78 is 1.38. The van der Waals surface area contributed by atoms with Gasteiger partial charge < -0.3 is 15.5 Å². The summed E-state index contributed by atoms with van der Waals surface area (Å²) in [5.74, 6) is -1.61. The van der Waals surface area contributed by atoms with Crippen molar-refractivity contribution in [2.45, 2.75) is 25.5 Å². The summed E-state index contributed by atoms with van der Waals surface area (Å²) in [7, 11) is 0. The Kier molecular flexibility index (Phi) is 4.58. The molecule has 0 saturated carbocycles. The second kappa shape index (κ2) is 5.94. The van der Waals surface area contributed by atoms with Gasteiger partial charge in [-0.3, -0.25) is 4.79 Å². The molecule has 0 aliphatic heterocycles. The van der Waals surface area contributed by atoms with Crippen LogP contribution in [0.25, 0.3) is 0 Å². The first-order valence-electron chi connectivity index (χ1n) is 5.05. The fourth-order valence-corrected chi connectivity index (χ4v) is 1.14. The molecule has 8 nitrogen and oxygen atoms in total. The standard InChI is InChI=1S/C9H14N4O4/c1-6(13-5-10-4-12-13)8(15)11-3-2-7(14)9(16)17/h4-7,14H,2-3H2,1H3,(H,11,15)(H,16,17)/t6?,7-/m0/s1. The summed E-state index contributed by atoms with van der Waals surface area (Å²) in [6, 6.07) is -0.528. The van der Waals surface area contributed by atoms with E-state index in [1.54, 1.807) is 6.92 Å². The van der Waals surface area contributed by atoms with Gasteiger partial charge in [0.2, 0.25) is 5.91 Å². The smallest absolute Gasteiger partial charge is 0.332 e. The highest BCUT2D eigenvalue weighted by Crippen LogP contribution is 2.01. The van der Waals surface area contributed by atoms with Crippen LogP contribution in [0.15, 0.2) is 12.7 Å². The highest BCUT2D eigenvalue weighted by Gasteiger charge is 2.17. The zero-order valence-corrected chi connectivity index (χ0v) is 9.28. The average molecular weight is 242 g/mol. The number of aromatic nitrogens is 3. The summed E-state index contributed by atoms with van der Waals surface area (Å²) >= 11 is 0. The van der Waals surface area contributed by atoms with E-state index in [1.165, 1.54) is 17.3 Å². The van der Waals surface area contributed by atoms with Gasteiger partial charge in [0.25, 0.3) is 0 Å². The van der Waals surface area contributed by atoms with Gasteiger partial charge in [0.1, 0.15) is 18.7 Å². The Morgan fingerprint density at radius 1 is 1.53 bits per heavy atom. The van der Waals surface area contributed by atoms with Crippen LogP contribution in [-0.2, 0) is 9.59 Å². The molecule has 1 aromatic rings. The molecule has 0 radical (unpaired) electrons. The van der Waals surface area contributed by atoms with Gasteiger partial charge in [-0.25, -0.2) is 14.5 Å². The van der Waals surface area contributed by atoms with Gasteiger partial charge in [-0.2, -0.15) is 5.10 Å². The second-order valence-electron chi connectivity index (χ2n) is 3.49.